The SMILES string of the molecule is CCOC(=O)C1CCC2C1[S+]2C(=O)OCC. The first kappa shape index (κ1) is 11.8. The van der Waals surface area contributed by atoms with Gasteiger partial charge in [-0.1, -0.05) is 0 Å². The van der Waals surface area contributed by atoms with E-state index in [2.05, 4.69) is 0 Å². The maximum absolute atomic E-state index is 11.6. The molecule has 0 aromatic heterocycles. The summed E-state index contributed by atoms with van der Waals surface area (Å²) in [6, 6.07) is 0. The van der Waals surface area contributed by atoms with Crippen molar-refractivity contribution in [1.82, 2.24) is 0 Å². The van der Waals surface area contributed by atoms with Crippen LogP contribution in [0, 0.1) is 5.92 Å². The molecule has 0 amide bonds. The van der Waals surface area contributed by atoms with Crippen LogP contribution in [0.3, 0.4) is 0 Å². The van der Waals surface area contributed by atoms with Crippen molar-refractivity contribution >= 4 is 22.2 Å². The third kappa shape index (κ3) is 1.93. The molecule has 0 N–H and O–H groups in total. The summed E-state index contributed by atoms with van der Waals surface area (Å²) in [6.45, 7) is 4.46. The molecule has 2 fully saturated rings. The summed E-state index contributed by atoms with van der Waals surface area (Å²) in [4.78, 5) is 23.2. The van der Waals surface area contributed by atoms with Gasteiger partial charge in [0.05, 0.1) is 13.2 Å². The van der Waals surface area contributed by atoms with Crippen molar-refractivity contribution in [2.75, 3.05) is 13.2 Å². The average molecular weight is 245 g/mol. The minimum absolute atomic E-state index is 0.0577. The molecule has 0 spiro atoms. The van der Waals surface area contributed by atoms with Crippen LogP contribution in [0.1, 0.15) is 26.7 Å². The molecule has 0 radical (unpaired) electrons. The van der Waals surface area contributed by atoms with Crippen LogP contribution in [-0.2, 0) is 25.2 Å². The van der Waals surface area contributed by atoms with Crippen LogP contribution in [0.5, 0.6) is 0 Å². The van der Waals surface area contributed by atoms with E-state index in [1.165, 1.54) is 0 Å². The first-order valence-corrected chi connectivity index (χ1v) is 7.11. The monoisotopic (exact) mass is 245 g/mol. The van der Waals surface area contributed by atoms with Gasteiger partial charge in [-0.2, -0.15) is 4.79 Å². The number of esters is 1. The number of carbonyl (C=O) groups is 2. The third-order valence-electron chi connectivity index (χ3n) is 3.11. The molecule has 1 aliphatic carbocycles. The molecular weight excluding hydrogens is 228 g/mol. The molecule has 1 saturated carbocycles. The van der Waals surface area contributed by atoms with Crippen LogP contribution < -0.4 is 0 Å². The molecule has 2 rings (SSSR count). The van der Waals surface area contributed by atoms with Crippen LogP contribution in [0.4, 0.5) is 4.79 Å². The van der Waals surface area contributed by atoms with E-state index in [9.17, 15) is 9.59 Å². The van der Waals surface area contributed by atoms with Crippen molar-refractivity contribution in [1.29, 1.82) is 0 Å². The van der Waals surface area contributed by atoms with E-state index >= 15 is 0 Å². The van der Waals surface area contributed by atoms with Gasteiger partial charge in [-0.3, -0.25) is 4.79 Å². The molecule has 1 aliphatic heterocycles. The number of carbonyl (C=O) groups excluding carboxylic acids is 2. The van der Waals surface area contributed by atoms with Gasteiger partial charge in [-0.15, -0.1) is 0 Å². The molecule has 2 aliphatic rings. The number of hydrogen-bond donors (Lipinski definition) is 0. The van der Waals surface area contributed by atoms with Gasteiger partial charge in [0.2, 0.25) is 0 Å². The van der Waals surface area contributed by atoms with Gasteiger partial charge in [-0.25, -0.2) is 0 Å². The van der Waals surface area contributed by atoms with Gasteiger partial charge in [0.1, 0.15) is 16.8 Å². The molecule has 4 unspecified atom stereocenters. The summed E-state index contributed by atoms with van der Waals surface area (Å²) in [6.07, 6.45) is 1.84. The van der Waals surface area contributed by atoms with Crippen molar-refractivity contribution < 1.29 is 19.1 Å². The van der Waals surface area contributed by atoms with Crippen LogP contribution in [0.15, 0.2) is 0 Å². The summed E-state index contributed by atoms with van der Waals surface area (Å²) in [5.74, 6) is -0.188. The molecule has 16 heavy (non-hydrogen) atoms. The Labute approximate surface area is 98.0 Å². The highest BCUT2D eigenvalue weighted by Gasteiger charge is 2.76. The highest BCUT2D eigenvalue weighted by molar-refractivity contribution is 8.17. The molecule has 1 saturated heterocycles. The summed E-state index contributed by atoms with van der Waals surface area (Å²) < 4.78 is 10.0. The predicted molar refractivity (Wildman–Crippen MR) is 61.3 cm³/mol. The second-order valence-corrected chi connectivity index (χ2v) is 6.22. The van der Waals surface area contributed by atoms with Gasteiger partial charge >= 0.3 is 11.3 Å². The van der Waals surface area contributed by atoms with Gasteiger partial charge in [-0.05, 0) is 20.3 Å². The van der Waals surface area contributed by atoms with Crippen molar-refractivity contribution in [3.05, 3.63) is 0 Å². The molecule has 0 aromatic rings. The highest BCUT2D eigenvalue weighted by Crippen LogP contribution is 2.52. The quantitative estimate of drug-likeness (QED) is 0.429. The van der Waals surface area contributed by atoms with E-state index in [1.54, 1.807) is 0 Å². The van der Waals surface area contributed by atoms with Crippen molar-refractivity contribution in [2.45, 2.75) is 37.2 Å². The molecule has 5 heteroatoms. The molecule has 90 valence electrons. The average Bonchev–Trinajstić information content (AvgIpc) is 2.80. The fourth-order valence-corrected chi connectivity index (χ4v) is 5.18. The number of fused-ring (bicyclic) bond motifs is 1. The first-order chi connectivity index (χ1) is 7.70. The molecule has 1 heterocycles. The smallest absolute Gasteiger partial charge is 0.466 e. The van der Waals surface area contributed by atoms with E-state index in [1.807, 2.05) is 13.8 Å². The zero-order valence-corrected chi connectivity index (χ0v) is 10.4. The zero-order valence-electron chi connectivity index (χ0n) is 9.60. The number of rotatable bonds is 3. The normalized spacial score (nSPS) is 35.4. The lowest BCUT2D eigenvalue weighted by Crippen LogP contribution is -2.23. The Balaban J connectivity index is 1.92. The maximum Gasteiger partial charge on any atom is 0.526 e. The minimum Gasteiger partial charge on any atom is -0.466 e. The Kier molecular flexibility index (Phi) is 3.42. The first-order valence-electron chi connectivity index (χ1n) is 5.76. The lowest BCUT2D eigenvalue weighted by Gasteiger charge is -2.07. The Morgan fingerprint density at radius 3 is 2.50 bits per heavy atom. The van der Waals surface area contributed by atoms with Crippen LogP contribution in [-0.4, -0.2) is 35.0 Å². The highest BCUT2D eigenvalue weighted by atomic mass is 32.2. The second kappa shape index (κ2) is 4.65. The lowest BCUT2D eigenvalue weighted by atomic mass is 10.1. The fourth-order valence-electron chi connectivity index (χ4n) is 2.43. The van der Waals surface area contributed by atoms with E-state index in [-0.39, 0.29) is 33.3 Å². The van der Waals surface area contributed by atoms with Crippen molar-refractivity contribution in [2.24, 2.45) is 5.92 Å². The van der Waals surface area contributed by atoms with Gasteiger partial charge < -0.3 is 9.47 Å². The van der Waals surface area contributed by atoms with E-state index < -0.39 is 0 Å². The van der Waals surface area contributed by atoms with Gasteiger partial charge in [0.15, 0.2) is 10.5 Å². The second-order valence-electron chi connectivity index (χ2n) is 3.99. The zero-order chi connectivity index (χ0) is 11.7. The van der Waals surface area contributed by atoms with Crippen LogP contribution in [0.2, 0.25) is 0 Å². The summed E-state index contributed by atoms with van der Waals surface area (Å²) in [5.41, 5.74) is 0. The summed E-state index contributed by atoms with van der Waals surface area (Å²) in [5, 5.41) is 0.512. The third-order valence-corrected chi connectivity index (χ3v) is 5.73. The minimum atomic E-state index is -0.322. The summed E-state index contributed by atoms with van der Waals surface area (Å²) >= 11 is 0. The molecular formula is C11H17O4S+. The van der Waals surface area contributed by atoms with Gasteiger partial charge in [0.25, 0.3) is 0 Å². The standard InChI is InChI=1S/C11H17O4S/c1-3-14-10(12)7-5-6-8-9(7)16(8)11(13)15-4-2/h7-9H,3-6H2,1-2H3/q+1. The maximum atomic E-state index is 11.6. The molecule has 4 nitrogen and oxygen atoms in total. The van der Waals surface area contributed by atoms with Crippen molar-refractivity contribution in [3.8, 4) is 0 Å². The topological polar surface area (TPSA) is 52.6 Å². The van der Waals surface area contributed by atoms with Crippen molar-refractivity contribution in [3.63, 3.8) is 0 Å². The lowest BCUT2D eigenvalue weighted by molar-refractivity contribution is -0.147. The molecule has 0 bridgehead atoms. The fraction of sp³-hybridized carbons (Fsp3) is 0.818. The predicted octanol–water partition coefficient (Wildman–Crippen LogP) is 1.49. The molecule has 0 aromatic carbocycles. The number of hydrogen-bond acceptors (Lipinski definition) is 4. The van der Waals surface area contributed by atoms with Crippen LogP contribution >= 0.6 is 0 Å². The van der Waals surface area contributed by atoms with Crippen LogP contribution in [0.25, 0.3) is 0 Å². The summed E-state index contributed by atoms with van der Waals surface area (Å²) in [7, 11) is -0.322. The Hall–Kier alpha value is -0.710. The van der Waals surface area contributed by atoms with Gasteiger partial charge in [0, 0.05) is 6.42 Å². The van der Waals surface area contributed by atoms with E-state index in [0.29, 0.717) is 18.5 Å². The van der Waals surface area contributed by atoms with E-state index in [4.69, 9.17) is 9.47 Å². The Morgan fingerprint density at radius 1 is 1.19 bits per heavy atom. The molecule has 4 atom stereocenters. The Bertz CT molecular complexity index is 304. The van der Waals surface area contributed by atoms with E-state index in [0.717, 1.165) is 12.8 Å². The number of ether oxygens (including phenoxy) is 2. The largest absolute Gasteiger partial charge is 0.526 e. The Morgan fingerprint density at radius 2 is 1.88 bits per heavy atom.